The topological polar surface area (TPSA) is 57.6 Å². The van der Waals surface area contributed by atoms with Crippen molar-refractivity contribution in [3.05, 3.63) is 35.9 Å². The molecule has 1 N–H and O–H groups in total. The SMILES string of the molecule is O=C(O)C1CSCCN1C(=O)CCCc1ccccc1. The van der Waals surface area contributed by atoms with E-state index in [9.17, 15) is 9.59 Å². The van der Waals surface area contributed by atoms with Gasteiger partial charge in [-0.1, -0.05) is 30.3 Å². The van der Waals surface area contributed by atoms with Crippen molar-refractivity contribution in [2.24, 2.45) is 0 Å². The Balaban J connectivity index is 1.83. The Bertz CT molecular complexity index is 463. The third-order valence-corrected chi connectivity index (χ3v) is 4.46. The van der Waals surface area contributed by atoms with Gasteiger partial charge >= 0.3 is 5.97 Å². The number of nitrogens with zero attached hydrogens (tertiary/aromatic N) is 1. The predicted molar refractivity (Wildman–Crippen MR) is 79.8 cm³/mol. The summed E-state index contributed by atoms with van der Waals surface area (Å²) >= 11 is 1.60. The molecule has 0 spiro atoms. The number of carboxylic acids is 1. The largest absolute Gasteiger partial charge is 0.480 e. The van der Waals surface area contributed by atoms with Crippen molar-refractivity contribution in [2.45, 2.75) is 25.3 Å². The summed E-state index contributed by atoms with van der Waals surface area (Å²) in [6.45, 7) is 0.547. The number of aryl methyl sites for hydroxylation is 1. The summed E-state index contributed by atoms with van der Waals surface area (Å²) in [4.78, 5) is 24.8. The van der Waals surface area contributed by atoms with E-state index in [2.05, 4.69) is 0 Å². The first kappa shape index (κ1) is 14.9. The van der Waals surface area contributed by atoms with Crippen LogP contribution in [-0.2, 0) is 16.0 Å². The molecule has 1 saturated heterocycles. The zero-order valence-electron chi connectivity index (χ0n) is 11.3. The third kappa shape index (κ3) is 4.00. The second-order valence-electron chi connectivity index (χ2n) is 4.86. The first-order chi connectivity index (χ1) is 9.68. The summed E-state index contributed by atoms with van der Waals surface area (Å²) in [6.07, 6.45) is 2.04. The van der Waals surface area contributed by atoms with Crippen LogP contribution in [-0.4, -0.2) is 46.0 Å². The maximum absolute atomic E-state index is 12.2. The highest BCUT2D eigenvalue weighted by Gasteiger charge is 2.31. The van der Waals surface area contributed by atoms with Crippen LogP contribution in [0.4, 0.5) is 0 Å². The lowest BCUT2D eigenvalue weighted by atomic mass is 10.1. The van der Waals surface area contributed by atoms with E-state index in [-0.39, 0.29) is 5.91 Å². The van der Waals surface area contributed by atoms with E-state index in [0.29, 0.717) is 18.7 Å². The lowest BCUT2D eigenvalue weighted by Gasteiger charge is -2.32. The summed E-state index contributed by atoms with van der Waals surface area (Å²) in [7, 11) is 0. The molecule has 0 aliphatic carbocycles. The van der Waals surface area contributed by atoms with Gasteiger partial charge in [-0.25, -0.2) is 4.79 Å². The molecule has 1 atom stereocenters. The number of rotatable bonds is 5. The Morgan fingerprint density at radius 3 is 2.75 bits per heavy atom. The van der Waals surface area contributed by atoms with E-state index in [1.54, 1.807) is 11.8 Å². The summed E-state index contributed by atoms with van der Waals surface area (Å²) in [6, 6.07) is 9.37. The van der Waals surface area contributed by atoms with Crippen LogP contribution in [0.1, 0.15) is 18.4 Å². The van der Waals surface area contributed by atoms with Crippen LogP contribution in [0.15, 0.2) is 30.3 Å². The molecule has 1 aromatic rings. The Hall–Kier alpha value is -1.49. The Kier molecular flexibility index (Phi) is 5.47. The van der Waals surface area contributed by atoms with Gasteiger partial charge in [0, 0.05) is 24.5 Å². The molecule has 108 valence electrons. The highest BCUT2D eigenvalue weighted by Crippen LogP contribution is 2.18. The van der Waals surface area contributed by atoms with E-state index in [4.69, 9.17) is 5.11 Å². The number of carboxylic acid groups (broad SMARTS) is 1. The van der Waals surface area contributed by atoms with Crippen LogP contribution in [0.2, 0.25) is 0 Å². The number of hydrogen-bond acceptors (Lipinski definition) is 3. The average Bonchev–Trinajstić information content (AvgIpc) is 2.48. The van der Waals surface area contributed by atoms with Crippen molar-refractivity contribution in [3.63, 3.8) is 0 Å². The van der Waals surface area contributed by atoms with Gasteiger partial charge in [-0.15, -0.1) is 0 Å². The fraction of sp³-hybridized carbons (Fsp3) is 0.467. The summed E-state index contributed by atoms with van der Waals surface area (Å²) < 4.78 is 0. The average molecular weight is 293 g/mol. The van der Waals surface area contributed by atoms with Crippen molar-refractivity contribution in [1.82, 2.24) is 4.90 Å². The number of thioether (sulfide) groups is 1. The molecule has 1 fully saturated rings. The molecule has 1 amide bonds. The molecule has 1 aliphatic heterocycles. The molecular weight excluding hydrogens is 274 g/mol. The number of amides is 1. The summed E-state index contributed by atoms with van der Waals surface area (Å²) in [5, 5.41) is 9.15. The standard InChI is InChI=1S/C15H19NO3S/c17-14(8-4-7-12-5-2-1-3-6-12)16-9-10-20-11-13(16)15(18)19/h1-3,5-6,13H,4,7-11H2,(H,18,19). The van der Waals surface area contributed by atoms with Crippen LogP contribution in [0.25, 0.3) is 0 Å². The van der Waals surface area contributed by atoms with E-state index in [1.807, 2.05) is 30.3 Å². The molecule has 4 nitrogen and oxygen atoms in total. The van der Waals surface area contributed by atoms with Crippen LogP contribution in [0, 0.1) is 0 Å². The van der Waals surface area contributed by atoms with Crippen LogP contribution >= 0.6 is 11.8 Å². The van der Waals surface area contributed by atoms with Crippen LogP contribution in [0.3, 0.4) is 0 Å². The fourth-order valence-electron chi connectivity index (χ4n) is 2.34. The minimum absolute atomic E-state index is 0.0337. The Morgan fingerprint density at radius 2 is 2.05 bits per heavy atom. The molecule has 1 unspecified atom stereocenters. The normalized spacial score (nSPS) is 18.8. The number of carbonyl (C=O) groups excluding carboxylic acids is 1. The van der Waals surface area contributed by atoms with Gasteiger partial charge in [-0.3, -0.25) is 4.79 Å². The van der Waals surface area contributed by atoms with Gasteiger partial charge in [0.15, 0.2) is 0 Å². The monoisotopic (exact) mass is 293 g/mol. The second kappa shape index (κ2) is 7.33. The Morgan fingerprint density at radius 1 is 1.30 bits per heavy atom. The van der Waals surface area contributed by atoms with E-state index in [0.717, 1.165) is 18.6 Å². The summed E-state index contributed by atoms with van der Waals surface area (Å²) in [5.41, 5.74) is 1.21. The van der Waals surface area contributed by atoms with Gasteiger partial charge in [-0.2, -0.15) is 11.8 Å². The highest BCUT2D eigenvalue weighted by molar-refractivity contribution is 7.99. The van der Waals surface area contributed by atoms with Crippen LogP contribution in [0.5, 0.6) is 0 Å². The van der Waals surface area contributed by atoms with Crippen molar-refractivity contribution < 1.29 is 14.7 Å². The maximum Gasteiger partial charge on any atom is 0.327 e. The van der Waals surface area contributed by atoms with Gasteiger partial charge in [0.1, 0.15) is 6.04 Å². The zero-order valence-corrected chi connectivity index (χ0v) is 12.1. The minimum atomic E-state index is -0.895. The third-order valence-electron chi connectivity index (χ3n) is 3.43. The second-order valence-corrected chi connectivity index (χ2v) is 6.01. The lowest BCUT2D eigenvalue weighted by molar-refractivity contribution is -0.149. The predicted octanol–water partition coefficient (Wildman–Crippen LogP) is 2.04. The minimum Gasteiger partial charge on any atom is -0.480 e. The van der Waals surface area contributed by atoms with Gasteiger partial charge in [0.25, 0.3) is 0 Å². The highest BCUT2D eigenvalue weighted by atomic mass is 32.2. The molecule has 1 aliphatic rings. The van der Waals surface area contributed by atoms with Crippen molar-refractivity contribution >= 4 is 23.6 Å². The Labute approximate surface area is 123 Å². The number of carbonyl (C=O) groups is 2. The fourth-order valence-corrected chi connectivity index (χ4v) is 3.38. The van der Waals surface area contributed by atoms with Gasteiger partial charge in [-0.05, 0) is 18.4 Å². The first-order valence-corrected chi connectivity index (χ1v) is 7.98. The first-order valence-electron chi connectivity index (χ1n) is 6.82. The molecule has 0 aromatic heterocycles. The van der Waals surface area contributed by atoms with Crippen molar-refractivity contribution in [1.29, 1.82) is 0 Å². The van der Waals surface area contributed by atoms with E-state index < -0.39 is 12.0 Å². The number of hydrogen-bond donors (Lipinski definition) is 1. The van der Waals surface area contributed by atoms with Gasteiger partial charge in [0.2, 0.25) is 5.91 Å². The molecule has 5 heteroatoms. The molecule has 1 aromatic carbocycles. The van der Waals surface area contributed by atoms with Crippen molar-refractivity contribution in [2.75, 3.05) is 18.1 Å². The molecule has 0 saturated carbocycles. The molecule has 20 heavy (non-hydrogen) atoms. The molecule has 1 heterocycles. The smallest absolute Gasteiger partial charge is 0.327 e. The van der Waals surface area contributed by atoms with E-state index in [1.165, 1.54) is 10.5 Å². The van der Waals surface area contributed by atoms with E-state index >= 15 is 0 Å². The molecular formula is C15H19NO3S. The number of benzene rings is 1. The van der Waals surface area contributed by atoms with Crippen molar-refractivity contribution in [3.8, 4) is 0 Å². The molecule has 0 radical (unpaired) electrons. The zero-order chi connectivity index (χ0) is 14.4. The quantitative estimate of drug-likeness (QED) is 0.902. The van der Waals surface area contributed by atoms with Gasteiger partial charge < -0.3 is 10.0 Å². The number of aliphatic carboxylic acids is 1. The van der Waals surface area contributed by atoms with Gasteiger partial charge in [0.05, 0.1) is 0 Å². The molecule has 0 bridgehead atoms. The molecule has 2 rings (SSSR count). The maximum atomic E-state index is 12.2. The van der Waals surface area contributed by atoms with Crippen LogP contribution < -0.4 is 0 Å². The summed E-state index contributed by atoms with van der Waals surface area (Å²) in [5.74, 6) is 0.399. The lowest BCUT2D eigenvalue weighted by Crippen LogP contribution is -2.50.